The standard InChI is InChI=1S/C18H19FN2O2.C5H8N2/c19-16-11-14(18(20)22)5-8-17(16)23-15-6-3-13(4-7-15)12-21-9-1-2-10-21;1-5-3-4-7(2)6-5/h3-8,11H,1-2,9-10,12H2,(H2,20,22);3-4H,1-2H3. The van der Waals surface area contributed by atoms with Crippen molar-refractivity contribution in [2.24, 2.45) is 12.8 Å². The highest BCUT2D eigenvalue weighted by Gasteiger charge is 2.12. The zero-order valence-corrected chi connectivity index (χ0v) is 17.3. The topological polar surface area (TPSA) is 73.4 Å². The van der Waals surface area contributed by atoms with Gasteiger partial charge in [-0.25, -0.2) is 4.39 Å². The maximum Gasteiger partial charge on any atom is 0.248 e. The van der Waals surface area contributed by atoms with Gasteiger partial charge in [0.05, 0.1) is 5.69 Å². The zero-order valence-electron chi connectivity index (χ0n) is 17.3. The molecule has 0 saturated carbocycles. The second-order valence-electron chi connectivity index (χ2n) is 7.37. The molecule has 2 aromatic carbocycles. The lowest BCUT2D eigenvalue weighted by atomic mass is 10.2. The third kappa shape index (κ3) is 6.15. The molecule has 30 heavy (non-hydrogen) atoms. The summed E-state index contributed by atoms with van der Waals surface area (Å²) in [5.74, 6) is -0.646. The predicted octanol–water partition coefficient (Wildman–Crippen LogP) is 4.04. The number of halogens is 1. The quantitative estimate of drug-likeness (QED) is 0.689. The summed E-state index contributed by atoms with van der Waals surface area (Å²) in [5, 5.41) is 4.03. The molecule has 4 rings (SSSR count). The number of carbonyl (C=O) groups excluding carboxylic acids is 1. The Morgan fingerprint density at radius 1 is 1.13 bits per heavy atom. The highest BCUT2D eigenvalue weighted by atomic mass is 19.1. The van der Waals surface area contributed by atoms with Gasteiger partial charge < -0.3 is 10.5 Å². The van der Waals surface area contributed by atoms with Gasteiger partial charge in [0.2, 0.25) is 5.91 Å². The number of benzene rings is 2. The number of nitrogens with two attached hydrogens (primary N) is 1. The van der Waals surface area contributed by atoms with Gasteiger partial charge in [-0.15, -0.1) is 0 Å². The first-order valence-corrected chi connectivity index (χ1v) is 9.95. The second kappa shape index (κ2) is 10.0. The third-order valence-corrected chi connectivity index (χ3v) is 4.82. The van der Waals surface area contributed by atoms with Crippen molar-refractivity contribution in [3.63, 3.8) is 0 Å². The molecule has 7 heteroatoms. The van der Waals surface area contributed by atoms with E-state index in [1.54, 1.807) is 4.68 Å². The molecule has 3 aromatic rings. The van der Waals surface area contributed by atoms with Crippen LogP contribution in [0.5, 0.6) is 11.5 Å². The molecule has 1 aliphatic rings. The van der Waals surface area contributed by atoms with E-state index in [1.165, 1.54) is 30.5 Å². The van der Waals surface area contributed by atoms with Crippen LogP contribution in [0.2, 0.25) is 0 Å². The van der Waals surface area contributed by atoms with E-state index < -0.39 is 11.7 Å². The largest absolute Gasteiger partial charge is 0.454 e. The van der Waals surface area contributed by atoms with Gasteiger partial charge in [-0.2, -0.15) is 5.10 Å². The molecule has 158 valence electrons. The highest BCUT2D eigenvalue weighted by Crippen LogP contribution is 2.26. The molecule has 2 heterocycles. The van der Waals surface area contributed by atoms with Gasteiger partial charge in [0.1, 0.15) is 5.75 Å². The average molecular weight is 410 g/mol. The number of hydrogen-bond donors (Lipinski definition) is 1. The van der Waals surface area contributed by atoms with E-state index >= 15 is 0 Å². The van der Waals surface area contributed by atoms with Gasteiger partial charge in [0.15, 0.2) is 11.6 Å². The van der Waals surface area contributed by atoms with Crippen LogP contribution >= 0.6 is 0 Å². The molecule has 0 atom stereocenters. The van der Waals surface area contributed by atoms with Gasteiger partial charge >= 0.3 is 0 Å². The Morgan fingerprint density at radius 3 is 2.33 bits per heavy atom. The maximum absolute atomic E-state index is 13.9. The summed E-state index contributed by atoms with van der Waals surface area (Å²) in [7, 11) is 1.91. The summed E-state index contributed by atoms with van der Waals surface area (Å²) in [5.41, 5.74) is 7.52. The minimum Gasteiger partial charge on any atom is -0.454 e. The number of primary amides is 1. The van der Waals surface area contributed by atoms with Crippen molar-refractivity contribution < 1.29 is 13.9 Å². The molecule has 0 bridgehead atoms. The van der Waals surface area contributed by atoms with E-state index in [0.29, 0.717) is 5.75 Å². The van der Waals surface area contributed by atoms with Gasteiger partial charge in [-0.1, -0.05) is 12.1 Å². The van der Waals surface area contributed by atoms with Crippen LogP contribution < -0.4 is 10.5 Å². The molecular formula is C23H27FN4O2. The van der Waals surface area contributed by atoms with E-state index in [2.05, 4.69) is 10.00 Å². The Kier molecular flexibility index (Phi) is 7.19. The number of aryl methyl sites for hydroxylation is 2. The molecule has 0 unspecified atom stereocenters. The molecule has 2 N–H and O–H groups in total. The number of carbonyl (C=O) groups is 1. The summed E-state index contributed by atoms with van der Waals surface area (Å²) < 4.78 is 21.2. The fourth-order valence-electron chi connectivity index (χ4n) is 3.26. The maximum atomic E-state index is 13.9. The Balaban J connectivity index is 0.000000310. The van der Waals surface area contributed by atoms with Crippen LogP contribution in [0, 0.1) is 12.7 Å². The Bertz CT molecular complexity index is 963. The minimum absolute atomic E-state index is 0.0716. The lowest BCUT2D eigenvalue weighted by Crippen LogP contribution is -2.18. The number of nitrogens with zero attached hydrogens (tertiary/aromatic N) is 3. The molecule has 1 aromatic heterocycles. The fourth-order valence-corrected chi connectivity index (χ4v) is 3.26. The van der Waals surface area contributed by atoms with Crippen molar-refractivity contribution in [3.05, 3.63) is 77.4 Å². The molecule has 0 radical (unpaired) electrons. The van der Waals surface area contributed by atoms with Crippen molar-refractivity contribution in [2.75, 3.05) is 13.1 Å². The molecular weight excluding hydrogens is 383 g/mol. The van der Waals surface area contributed by atoms with Crippen molar-refractivity contribution in [1.82, 2.24) is 14.7 Å². The summed E-state index contributed by atoms with van der Waals surface area (Å²) in [6, 6.07) is 13.5. The summed E-state index contributed by atoms with van der Waals surface area (Å²) in [4.78, 5) is 13.4. The Labute approximate surface area is 176 Å². The van der Waals surface area contributed by atoms with E-state index in [0.717, 1.165) is 31.4 Å². The molecule has 0 spiro atoms. The number of hydrogen-bond acceptors (Lipinski definition) is 4. The summed E-state index contributed by atoms with van der Waals surface area (Å²) >= 11 is 0. The van der Waals surface area contributed by atoms with Crippen molar-refractivity contribution in [1.29, 1.82) is 0 Å². The SMILES string of the molecule is Cc1ccn(C)n1.NC(=O)c1ccc(Oc2ccc(CN3CCCC3)cc2)c(F)c1. The number of amides is 1. The molecule has 1 amide bonds. The van der Waals surface area contributed by atoms with Gasteiger partial charge in [-0.3, -0.25) is 14.4 Å². The monoisotopic (exact) mass is 410 g/mol. The highest BCUT2D eigenvalue weighted by molar-refractivity contribution is 5.92. The van der Waals surface area contributed by atoms with E-state index in [4.69, 9.17) is 10.5 Å². The third-order valence-electron chi connectivity index (χ3n) is 4.82. The van der Waals surface area contributed by atoms with Crippen LogP contribution in [0.1, 0.15) is 34.5 Å². The van der Waals surface area contributed by atoms with Crippen LogP contribution in [-0.2, 0) is 13.6 Å². The number of likely N-dealkylation sites (tertiary alicyclic amines) is 1. The van der Waals surface area contributed by atoms with Gasteiger partial charge in [0, 0.05) is 25.4 Å². The van der Waals surface area contributed by atoms with Gasteiger partial charge in [-0.05, 0) is 74.8 Å². The van der Waals surface area contributed by atoms with Crippen LogP contribution in [0.15, 0.2) is 54.7 Å². The summed E-state index contributed by atoms with van der Waals surface area (Å²) in [6.45, 7) is 5.20. The Hall–Kier alpha value is -3.19. The second-order valence-corrected chi connectivity index (χ2v) is 7.37. The minimum atomic E-state index is -0.665. The predicted molar refractivity (Wildman–Crippen MR) is 114 cm³/mol. The van der Waals surface area contributed by atoms with Gasteiger partial charge in [0.25, 0.3) is 0 Å². The Morgan fingerprint density at radius 2 is 1.83 bits per heavy atom. The van der Waals surface area contributed by atoms with Crippen molar-refractivity contribution in [3.8, 4) is 11.5 Å². The van der Waals surface area contributed by atoms with E-state index in [-0.39, 0.29) is 11.3 Å². The first-order chi connectivity index (χ1) is 14.4. The molecule has 1 fully saturated rings. The average Bonchev–Trinajstić information content (AvgIpc) is 3.36. The van der Waals surface area contributed by atoms with Crippen LogP contribution in [0.25, 0.3) is 0 Å². The number of aromatic nitrogens is 2. The molecule has 6 nitrogen and oxygen atoms in total. The molecule has 1 aliphatic heterocycles. The molecule has 0 aliphatic carbocycles. The lowest BCUT2D eigenvalue weighted by molar-refractivity contribution is 0.1000. The first-order valence-electron chi connectivity index (χ1n) is 9.95. The van der Waals surface area contributed by atoms with Crippen LogP contribution in [0.3, 0.4) is 0 Å². The van der Waals surface area contributed by atoms with E-state index in [9.17, 15) is 9.18 Å². The fraction of sp³-hybridized carbons (Fsp3) is 0.304. The first kappa shape index (κ1) is 21.5. The lowest BCUT2D eigenvalue weighted by Gasteiger charge is -2.15. The van der Waals surface area contributed by atoms with Crippen molar-refractivity contribution >= 4 is 5.91 Å². The van der Waals surface area contributed by atoms with Crippen LogP contribution in [0.4, 0.5) is 4.39 Å². The van der Waals surface area contributed by atoms with Crippen LogP contribution in [-0.4, -0.2) is 33.7 Å². The van der Waals surface area contributed by atoms with Crippen molar-refractivity contribution in [2.45, 2.75) is 26.3 Å². The molecule has 1 saturated heterocycles. The zero-order chi connectivity index (χ0) is 21.5. The van der Waals surface area contributed by atoms with E-state index in [1.807, 2.05) is 50.5 Å². The smallest absolute Gasteiger partial charge is 0.248 e. The number of rotatable bonds is 5. The number of ether oxygens (including phenoxy) is 1. The summed E-state index contributed by atoms with van der Waals surface area (Å²) in [6.07, 6.45) is 4.46. The normalized spacial score (nSPS) is 13.6.